The molecule has 0 aliphatic heterocycles. The maximum absolute atomic E-state index is 13.2. The van der Waals surface area contributed by atoms with Gasteiger partial charge in [0.05, 0.1) is 23.3 Å². The van der Waals surface area contributed by atoms with Crippen LogP contribution in [0.4, 0.5) is 5.82 Å². The van der Waals surface area contributed by atoms with Crippen LogP contribution in [0.15, 0.2) is 12.7 Å². The second kappa shape index (κ2) is 10.8. The summed E-state index contributed by atoms with van der Waals surface area (Å²) < 4.78 is 41.6. The van der Waals surface area contributed by atoms with E-state index in [1.165, 1.54) is 6.33 Å². The zero-order valence-corrected chi connectivity index (χ0v) is 22.3. The molecule has 0 radical (unpaired) electrons. The van der Waals surface area contributed by atoms with E-state index in [2.05, 4.69) is 15.0 Å². The van der Waals surface area contributed by atoms with E-state index in [0.29, 0.717) is 29.8 Å². The van der Waals surface area contributed by atoms with Crippen LogP contribution < -0.4 is 5.73 Å². The highest BCUT2D eigenvalue weighted by Gasteiger charge is 2.36. The van der Waals surface area contributed by atoms with Crippen molar-refractivity contribution in [1.82, 2.24) is 19.5 Å². The summed E-state index contributed by atoms with van der Waals surface area (Å²) in [6.07, 6.45) is 3.60. The maximum atomic E-state index is 13.2. The zero-order valence-electron chi connectivity index (χ0n) is 21.4. The lowest BCUT2D eigenvalue weighted by Gasteiger charge is -2.36. The molecule has 0 spiro atoms. The molecule has 14 heteroatoms. The standard InChI is InChI=1S/C22H34N5O8P/c1-21(2,3)19(28)31-11-34-36(30,35-12-32-20(29)22(4,5)6)13-33-15-7-14(8-15)27-10-26-16-17(23)24-9-25-18(16)27/h9-10,14-15H,7-8,11-13H2,1-6H3,(H2,23,24,25). The van der Waals surface area contributed by atoms with E-state index < -0.39 is 50.3 Å². The van der Waals surface area contributed by atoms with Crippen molar-refractivity contribution in [2.24, 2.45) is 10.8 Å². The van der Waals surface area contributed by atoms with E-state index in [4.69, 9.17) is 29.0 Å². The second-order valence-electron chi connectivity index (χ2n) is 10.6. The number of nitrogens with two attached hydrogens (primary N) is 1. The Balaban J connectivity index is 1.55. The van der Waals surface area contributed by atoms with Gasteiger partial charge in [0.1, 0.15) is 18.2 Å². The van der Waals surface area contributed by atoms with Gasteiger partial charge < -0.3 is 24.5 Å². The minimum atomic E-state index is -3.93. The molecular formula is C22H34N5O8P. The highest BCUT2D eigenvalue weighted by molar-refractivity contribution is 7.53. The molecule has 1 aliphatic carbocycles. The van der Waals surface area contributed by atoms with Gasteiger partial charge in [0.25, 0.3) is 0 Å². The molecule has 1 aliphatic rings. The number of carbonyl (C=O) groups is 2. The van der Waals surface area contributed by atoms with Crippen LogP contribution >= 0.6 is 7.60 Å². The van der Waals surface area contributed by atoms with E-state index in [1.54, 1.807) is 47.9 Å². The van der Waals surface area contributed by atoms with Gasteiger partial charge in [-0.05, 0) is 54.4 Å². The highest BCUT2D eigenvalue weighted by Crippen LogP contribution is 2.50. The number of nitrogen functional groups attached to an aromatic ring is 1. The topological polar surface area (TPSA) is 167 Å². The van der Waals surface area contributed by atoms with Crippen LogP contribution in [0.2, 0.25) is 0 Å². The number of ether oxygens (including phenoxy) is 3. The largest absolute Gasteiger partial charge is 0.438 e. The number of hydrogen-bond donors (Lipinski definition) is 1. The van der Waals surface area contributed by atoms with Crippen molar-refractivity contribution < 1.29 is 37.4 Å². The van der Waals surface area contributed by atoms with E-state index in [0.717, 1.165) is 0 Å². The van der Waals surface area contributed by atoms with Crippen molar-refractivity contribution in [2.45, 2.75) is 66.5 Å². The molecule has 0 saturated heterocycles. The average Bonchev–Trinajstić information content (AvgIpc) is 3.16. The van der Waals surface area contributed by atoms with Gasteiger partial charge in [-0.2, -0.15) is 0 Å². The minimum Gasteiger partial charge on any atom is -0.438 e. The van der Waals surface area contributed by atoms with Crippen LogP contribution in [0.5, 0.6) is 0 Å². The van der Waals surface area contributed by atoms with Gasteiger partial charge >= 0.3 is 19.5 Å². The number of nitrogens with zero attached hydrogens (tertiary/aromatic N) is 4. The lowest BCUT2D eigenvalue weighted by atomic mass is 9.89. The van der Waals surface area contributed by atoms with Gasteiger partial charge in [-0.25, -0.2) is 15.0 Å². The smallest absolute Gasteiger partial charge is 0.361 e. The van der Waals surface area contributed by atoms with Crippen molar-refractivity contribution in [3.63, 3.8) is 0 Å². The lowest BCUT2D eigenvalue weighted by molar-refractivity contribution is -0.162. The third-order valence-corrected chi connectivity index (χ3v) is 6.89. The summed E-state index contributed by atoms with van der Waals surface area (Å²) >= 11 is 0. The van der Waals surface area contributed by atoms with Gasteiger partial charge in [0.15, 0.2) is 11.5 Å². The summed E-state index contributed by atoms with van der Waals surface area (Å²) in [4.78, 5) is 36.4. The van der Waals surface area contributed by atoms with E-state index in [1.807, 2.05) is 4.57 Å². The van der Waals surface area contributed by atoms with Crippen LogP contribution in [0.3, 0.4) is 0 Å². The molecule has 2 N–H and O–H groups in total. The second-order valence-corrected chi connectivity index (χ2v) is 12.6. The Kier molecular flexibility index (Phi) is 8.39. The van der Waals surface area contributed by atoms with Crippen LogP contribution in [0.1, 0.15) is 60.4 Å². The highest BCUT2D eigenvalue weighted by atomic mass is 31.2. The first-order valence-corrected chi connectivity index (χ1v) is 13.2. The molecule has 0 amide bonds. The molecule has 36 heavy (non-hydrogen) atoms. The van der Waals surface area contributed by atoms with Gasteiger partial charge in [-0.3, -0.25) is 23.2 Å². The third kappa shape index (κ3) is 7.00. The molecule has 1 saturated carbocycles. The fraction of sp³-hybridized carbons (Fsp3) is 0.682. The number of esters is 2. The van der Waals surface area contributed by atoms with Crippen LogP contribution in [0.25, 0.3) is 11.2 Å². The summed E-state index contributed by atoms with van der Waals surface area (Å²) in [7, 11) is -3.93. The fourth-order valence-electron chi connectivity index (χ4n) is 3.10. The molecule has 0 atom stereocenters. The first kappa shape index (κ1) is 28.0. The van der Waals surface area contributed by atoms with Crippen LogP contribution in [-0.4, -0.2) is 57.5 Å². The molecule has 2 aromatic rings. The SMILES string of the molecule is CC(C)(C)C(=O)OCOP(=O)(COC1CC(n2cnc3c(N)ncnc32)C1)OCOC(=O)C(C)(C)C. The van der Waals surface area contributed by atoms with Gasteiger partial charge in [0.2, 0.25) is 13.6 Å². The summed E-state index contributed by atoms with van der Waals surface area (Å²) in [6.45, 7) is 8.87. The quantitative estimate of drug-likeness (QED) is 0.272. The first-order valence-electron chi connectivity index (χ1n) is 11.5. The molecule has 3 rings (SSSR count). The van der Waals surface area contributed by atoms with Crippen molar-refractivity contribution in [3.8, 4) is 0 Å². The summed E-state index contributed by atoms with van der Waals surface area (Å²) in [5.74, 6) is -0.763. The number of aromatic nitrogens is 4. The van der Waals surface area contributed by atoms with Gasteiger partial charge in [-0.1, -0.05) is 0 Å². The molecular weight excluding hydrogens is 493 g/mol. The van der Waals surface area contributed by atoms with Crippen LogP contribution in [0, 0.1) is 10.8 Å². The predicted molar refractivity (Wildman–Crippen MR) is 128 cm³/mol. The molecule has 2 heterocycles. The summed E-state index contributed by atoms with van der Waals surface area (Å²) in [5.41, 5.74) is 5.48. The predicted octanol–water partition coefficient (Wildman–Crippen LogP) is 3.41. The number of hydrogen-bond acceptors (Lipinski definition) is 12. The van der Waals surface area contributed by atoms with Gasteiger partial charge in [-0.15, -0.1) is 0 Å². The molecule has 0 unspecified atom stereocenters. The molecule has 0 bridgehead atoms. The fourth-order valence-corrected chi connectivity index (χ4v) is 4.14. The van der Waals surface area contributed by atoms with Crippen LogP contribution in [-0.2, 0) is 37.4 Å². The van der Waals surface area contributed by atoms with Crippen molar-refractivity contribution in [2.75, 3.05) is 25.7 Å². The van der Waals surface area contributed by atoms with Crippen molar-refractivity contribution in [1.29, 1.82) is 0 Å². The number of imidazole rings is 1. The minimum absolute atomic E-state index is 0.0657. The monoisotopic (exact) mass is 527 g/mol. The Hall–Kier alpha value is -2.60. The third-order valence-electron chi connectivity index (χ3n) is 5.42. The van der Waals surface area contributed by atoms with E-state index in [9.17, 15) is 14.2 Å². The Morgan fingerprint density at radius 3 is 2.08 bits per heavy atom. The summed E-state index contributed by atoms with van der Waals surface area (Å²) in [5, 5.41) is 0. The number of carbonyl (C=O) groups excluding carboxylic acids is 2. The molecule has 2 aromatic heterocycles. The van der Waals surface area contributed by atoms with Gasteiger partial charge in [0, 0.05) is 6.04 Å². The normalized spacial score (nSPS) is 18.6. The Morgan fingerprint density at radius 2 is 1.56 bits per heavy atom. The number of rotatable bonds is 10. The Labute approximate surface area is 209 Å². The number of fused-ring (bicyclic) bond motifs is 1. The van der Waals surface area contributed by atoms with E-state index in [-0.39, 0.29) is 12.1 Å². The molecule has 1 fully saturated rings. The summed E-state index contributed by atoms with van der Waals surface area (Å²) in [6, 6.07) is 0.0657. The zero-order chi connectivity index (χ0) is 26.7. The van der Waals surface area contributed by atoms with Crippen molar-refractivity contribution >= 4 is 36.5 Å². The van der Waals surface area contributed by atoms with E-state index >= 15 is 0 Å². The maximum Gasteiger partial charge on any atom is 0.361 e. The Bertz CT molecular complexity index is 1100. The lowest BCUT2D eigenvalue weighted by Crippen LogP contribution is -2.33. The molecule has 0 aromatic carbocycles. The molecule has 13 nitrogen and oxygen atoms in total. The Morgan fingerprint density at radius 1 is 1.00 bits per heavy atom. The first-order chi connectivity index (χ1) is 16.7. The van der Waals surface area contributed by atoms with Crippen molar-refractivity contribution in [3.05, 3.63) is 12.7 Å². The molecule has 200 valence electrons. The average molecular weight is 528 g/mol. The number of anilines is 1.